The van der Waals surface area contributed by atoms with Gasteiger partial charge in [0.2, 0.25) is 5.91 Å². The van der Waals surface area contributed by atoms with E-state index < -0.39 is 5.97 Å². The van der Waals surface area contributed by atoms with Crippen molar-refractivity contribution in [3.05, 3.63) is 63.8 Å². The van der Waals surface area contributed by atoms with Gasteiger partial charge >= 0.3 is 5.97 Å². The van der Waals surface area contributed by atoms with E-state index in [9.17, 15) is 19.5 Å². The number of carbonyl (C=O) groups is 3. The van der Waals surface area contributed by atoms with Crippen molar-refractivity contribution in [1.29, 1.82) is 0 Å². The predicted molar refractivity (Wildman–Crippen MR) is 181 cm³/mol. The van der Waals surface area contributed by atoms with Gasteiger partial charge in [-0.2, -0.15) is 0 Å². The SMILES string of the molecule is CCOC1CN([C@H]2C[C@@H](COC3CCC(C(=O)O)CC3)N(C(=O)Cc3cc(Cl)c(NC(=O)c4cn(C)c5ccccc45)cc3Cl)C2)C1. The largest absolute Gasteiger partial charge is 0.481 e. The lowest BCUT2D eigenvalue weighted by molar-refractivity contribution is -0.144. The number of likely N-dealkylation sites (tertiary alicyclic amines) is 2. The molecule has 2 saturated heterocycles. The van der Waals surface area contributed by atoms with Crippen LogP contribution in [0.4, 0.5) is 5.69 Å². The van der Waals surface area contributed by atoms with Gasteiger partial charge in [0.1, 0.15) is 0 Å². The molecule has 3 aliphatic rings. The summed E-state index contributed by atoms with van der Waals surface area (Å²) in [6, 6.07) is 11.0. The summed E-state index contributed by atoms with van der Waals surface area (Å²) >= 11 is 13.3. The Morgan fingerprint density at radius 3 is 2.45 bits per heavy atom. The molecule has 0 spiro atoms. The number of ether oxygens (including phenoxy) is 2. The Hall–Kier alpha value is -3.15. The molecule has 47 heavy (non-hydrogen) atoms. The average Bonchev–Trinajstić information content (AvgIpc) is 3.61. The molecule has 0 radical (unpaired) electrons. The number of nitrogens with zero attached hydrogens (tertiary/aromatic N) is 3. The van der Waals surface area contributed by atoms with Crippen LogP contribution in [-0.4, -0.2) is 94.4 Å². The minimum absolute atomic E-state index is 0.00201. The lowest BCUT2D eigenvalue weighted by atomic mass is 9.87. The molecular weight excluding hydrogens is 643 g/mol. The van der Waals surface area contributed by atoms with Crippen LogP contribution in [-0.2, 0) is 32.5 Å². The van der Waals surface area contributed by atoms with Crippen LogP contribution in [0.1, 0.15) is 54.9 Å². The van der Waals surface area contributed by atoms with Crippen molar-refractivity contribution in [3.63, 3.8) is 0 Å². The molecule has 2 aliphatic heterocycles. The molecule has 1 aromatic heterocycles. The third kappa shape index (κ3) is 7.47. The maximum Gasteiger partial charge on any atom is 0.306 e. The van der Waals surface area contributed by atoms with Gasteiger partial charge in [0.15, 0.2) is 0 Å². The second-order valence-corrected chi connectivity index (χ2v) is 13.8. The van der Waals surface area contributed by atoms with E-state index in [1.807, 2.05) is 47.7 Å². The van der Waals surface area contributed by atoms with Gasteiger partial charge in [-0.05, 0) is 62.8 Å². The Morgan fingerprint density at radius 2 is 1.72 bits per heavy atom. The number of aliphatic carboxylic acids is 1. The number of halogens is 2. The molecule has 10 nitrogen and oxygen atoms in total. The van der Waals surface area contributed by atoms with Crippen LogP contribution in [0, 0.1) is 5.92 Å². The van der Waals surface area contributed by atoms with E-state index in [2.05, 4.69) is 10.2 Å². The quantitative estimate of drug-likeness (QED) is 0.269. The molecule has 0 unspecified atom stereocenters. The van der Waals surface area contributed by atoms with E-state index in [0.717, 1.165) is 30.4 Å². The highest BCUT2D eigenvalue weighted by Crippen LogP contribution is 2.34. The van der Waals surface area contributed by atoms with Crippen LogP contribution in [0.15, 0.2) is 42.6 Å². The fraction of sp³-hybridized carbons (Fsp3) is 0.514. The number of nitrogens with one attached hydrogen (secondary N) is 1. The molecule has 3 heterocycles. The minimum Gasteiger partial charge on any atom is -0.481 e. The minimum atomic E-state index is -0.738. The summed E-state index contributed by atoms with van der Waals surface area (Å²) in [6.07, 6.45) is 5.50. The number of carboxylic acids is 1. The number of hydrogen-bond donors (Lipinski definition) is 2. The number of aromatic nitrogens is 1. The van der Waals surface area contributed by atoms with E-state index in [1.165, 1.54) is 0 Å². The van der Waals surface area contributed by atoms with E-state index in [4.69, 9.17) is 32.7 Å². The van der Waals surface area contributed by atoms with Crippen molar-refractivity contribution < 1.29 is 29.0 Å². The molecule has 12 heteroatoms. The van der Waals surface area contributed by atoms with Crippen molar-refractivity contribution in [2.75, 3.05) is 38.2 Å². The molecule has 1 saturated carbocycles. The van der Waals surface area contributed by atoms with Gasteiger partial charge in [0.05, 0.1) is 53.5 Å². The van der Waals surface area contributed by atoms with Crippen LogP contribution in [0.2, 0.25) is 10.0 Å². The standard InChI is InChI=1S/C35H42Cl2N4O6/c1-3-46-26-17-40(18-26)23-14-24(20-47-25-10-8-21(9-11-25)35(44)45)41(16-23)33(42)13-22-12-30(37)31(15-29(22)36)38-34(43)28-19-39(2)32-7-5-4-6-27(28)32/h4-7,12,15,19,21,23-26H,3,8-11,13-14,16-18,20H2,1-2H3,(H,38,43)(H,44,45)/t21?,23-,24-,25?/m0/s1. The van der Waals surface area contributed by atoms with Gasteiger partial charge in [-0.25, -0.2) is 0 Å². The normalized spacial score (nSPS) is 23.6. The molecule has 252 valence electrons. The molecule has 6 rings (SSSR count). The van der Waals surface area contributed by atoms with Gasteiger partial charge in [0.25, 0.3) is 5.91 Å². The zero-order chi connectivity index (χ0) is 33.2. The number of hydrogen-bond acceptors (Lipinski definition) is 6. The zero-order valence-electron chi connectivity index (χ0n) is 26.8. The van der Waals surface area contributed by atoms with Crippen molar-refractivity contribution >= 4 is 57.6 Å². The first-order chi connectivity index (χ1) is 22.6. The van der Waals surface area contributed by atoms with Crippen molar-refractivity contribution in [1.82, 2.24) is 14.4 Å². The number of para-hydroxylation sites is 1. The van der Waals surface area contributed by atoms with E-state index >= 15 is 0 Å². The topological polar surface area (TPSA) is 113 Å². The third-order valence-corrected chi connectivity index (χ3v) is 10.6. The van der Waals surface area contributed by atoms with Gasteiger partial charge in [-0.1, -0.05) is 41.4 Å². The Morgan fingerprint density at radius 1 is 0.979 bits per heavy atom. The van der Waals surface area contributed by atoms with Crippen LogP contribution >= 0.6 is 23.2 Å². The molecular formula is C35H42Cl2N4O6. The number of carbonyl (C=O) groups excluding carboxylic acids is 2. The summed E-state index contributed by atoms with van der Waals surface area (Å²) in [5.41, 5.74) is 2.42. The van der Waals surface area contributed by atoms with E-state index in [0.29, 0.717) is 72.3 Å². The van der Waals surface area contributed by atoms with E-state index in [-0.39, 0.29) is 48.4 Å². The second kappa shape index (κ2) is 14.5. The zero-order valence-corrected chi connectivity index (χ0v) is 28.3. The number of rotatable bonds is 11. The lowest BCUT2D eigenvalue weighted by Crippen LogP contribution is -2.57. The van der Waals surface area contributed by atoms with Crippen molar-refractivity contribution in [2.24, 2.45) is 13.0 Å². The summed E-state index contributed by atoms with van der Waals surface area (Å²) < 4.78 is 14.0. The van der Waals surface area contributed by atoms with Gasteiger partial charge in [-0.3, -0.25) is 19.3 Å². The first kappa shape index (κ1) is 33.7. The maximum absolute atomic E-state index is 13.9. The highest BCUT2D eigenvalue weighted by molar-refractivity contribution is 6.36. The first-order valence-electron chi connectivity index (χ1n) is 16.4. The Labute approximate surface area is 284 Å². The molecule has 2 N–H and O–H groups in total. The highest BCUT2D eigenvalue weighted by Gasteiger charge is 2.42. The molecule has 3 aromatic rings. The maximum atomic E-state index is 13.9. The Balaban J connectivity index is 1.12. The molecule has 2 amide bonds. The first-order valence-corrected chi connectivity index (χ1v) is 17.2. The van der Waals surface area contributed by atoms with Gasteiger partial charge in [0, 0.05) is 61.5 Å². The summed E-state index contributed by atoms with van der Waals surface area (Å²) in [5, 5.41) is 13.7. The highest BCUT2D eigenvalue weighted by atomic mass is 35.5. The number of carboxylic acid groups (broad SMARTS) is 1. The number of amides is 2. The Kier molecular flexibility index (Phi) is 10.4. The molecule has 0 bridgehead atoms. The summed E-state index contributed by atoms with van der Waals surface area (Å²) in [6.45, 7) is 5.37. The van der Waals surface area contributed by atoms with Crippen LogP contribution in [0.5, 0.6) is 0 Å². The van der Waals surface area contributed by atoms with E-state index in [1.54, 1.807) is 18.3 Å². The number of benzene rings is 2. The lowest BCUT2D eigenvalue weighted by Gasteiger charge is -2.42. The molecule has 2 atom stereocenters. The summed E-state index contributed by atoms with van der Waals surface area (Å²) in [7, 11) is 1.89. The predicted octanol–water partition coefficient (Wildman–Crippen LogP) is 5.63. The summed E-state index contributed by atoms with van der Waals surface area (Å²) in [4.78, 5) is 42.7. The third-order valence-electron chi connectivity index (χ3n) is 9.92. The molecule has 2 aromatic carbocycles. The average molecular weight is 686 g/mol. The fourth-order valence-electron chi connectivity index (χ4n) is 7.25. The number of aryl methyl sites for hydroxylation is 1. The van der Waals surface area contributed by atoms with Gasteiger partial charge in [-0.15, -0.1) is 0 Å². The number of fused-ring (bicyclic) bond motifs is 1. The van der Waals surface area contributed by atoms with Crippen molar-refractivity contribution in [3.8, 4) is 0 Å². The fourth-order valence-corrected chi connectivity index (χ4v) is 7.71. The van der Waals surface area contributed by atoms with Gasteiger partial charge < -0.3 is 29.4 Å². The second-order valence-electron chi connectivity index (χ2n) is 13.0. The number of anilines is 1. The van der Waals surface area contributed by atoms with Crippen LogP contribution < -0.4 is 5.32 Å². The van der Waals surface area contributed by atoms with Crippen LogP contribution in [0.3, 0.4) is 0 Å². The molecule has 3 fully saturated rings. The monoisotopic (exact) mass is 684 g/mol. The Bertz CT molecular complexity index is 1630. The smallest absolute Gasteiger partial charge is 0.306 e. The van der Waals surface area contributed by atoms with Crippen LogP contribution in [0.25, 0.3) is 10.9 Å². The molecule has 1 aliphatic carbocycles. The van der Waals surface area contributed by atoms with Crippen molar-refractivity contribution in [2.45, 2.75) is 69.7 Å². The summed E-state index contributed by atoms with van der Waals surface area (Å²) in [5.74, 6) is -1.41.